The Morgan fingerprint density at radius 2 is 1.95 bits per heavy atom. The number of hydrogen-bond acceptors (Lipinski definition) is 2. The van der Waals surface area contributed by atoms with E-state index in [-0.39, 0.29) is 0 Å². The first-order chi connectivity index (χ1) is 10.2. The molecule has 0 saturated heterocycles. The topological polar surface area (TPSA) is 29.9 Å². The summed E-state index contributed by atoms with van der Waals surface area (Å²) in [6, 6.07) is 10.6. The molecule has 0 aliphatic heterocycles. The lowest BCUT2D eigenvalue weighted by Crippen LogP contribution is -2.14. The first-order valence-corrected chi connectivity index (χ1v) is 8.03. The van der Waals surface area contributed by atoms with Crippen molar-refractivity contribution >= 4 is 0 Å². The van der Waals surface area contributed by atoms with Gasteiger partial charge in [-0.25, -0.2) is 0 Å². The molecule has 0 atom stereocenters. The summed E-state index contributed by atoms with van der Waals surface area (Å²) in [7, 11) is 0. The highest BCUT2D eigenvalue weighted by molar-refractivity contribution is 5.63. The van der Waals surface area contributed by atoms with Crippen molar-refractivity contribution < 1.29 is 0 Å². The fraction of sp³-hybridized carbons (Fsp3) is 0.500. The van der Waals surface area contributed by atoms with Crippen LogP contribution in [0.1, 0.15) is 39.2 Å². The summed E-state index contributed by atoms with van der Waals surface area (Å²) in [5, 5.41) is 8.11. The second-order valence-corrected chi connectivity index (χ2v) is 5.97. The molecule has 114 valence electrons. The SMILES string of the molecule is CCCNCc1cnn(CCC(C)C)c1-c1ccccc1. The predicted octanol–water partition coefficient (Wildman–Crippen LogP) is 4.10. The summed E-state index contributed by atoms with van der Waals surface area (Å²) in [5.74, 6) is 0.694. The standard InChI is InChI=1S/C18H27N3/c1-4-11-19-13-17-14-20-21(12-10-15(2)3)18(17)16-8-6-5-7-9-16/h5-9,14-15,19H,4,10-13H2,1-3H3. The number of aryl methyl sites for hydroxylation is 1. The van der Waals surface area contributed by atoms with Gasteiger partial charge < -0.3 is 5.32 Å². The summed E-state index contributed by atoms with van der Waals surface area (Å²) in [6.45, 7) is 9.63. The van der Waals surface area contributed by atoms with Gasteiger partial charge >= 0.3 is 0 Å². The Hall–Kier alpha value is -1.61. The maximum atomic E-state index is 4.62. The molecule has 3 nitrogen and oxygen atoms in total. The largest absolute Gasteiger partial charge is 0.313 e. The lowest BCUT2D eigenvalue weighted by molar-refractivity contribution is 0.490. The van der Waals surface area contributed by atoms with Crippen LogP contribution in [-0.2, 0) is 13.1 Å². The van der Waals surface area contributed by atoms with Crippen LogP contribution in [0.4, 0.5) is 0 Å². The Morgan fingerprint density at radius 3 is 2.62 bits per heavy atom. The molecular weight excluding hydrogens is 258 g/mol. The van der Waals surface area contributed by atoms with Crippen LogP contribution in [-0.4, -0.2) is 16.3 Å². The molecule has 0 amide bonds. The molecule has 1 N–H and O–H groups in total. The van der Waals surface area contributed by atoms with Crippen LogP contribution in [0.2, 0.25) is 0 Å². The zero-order valence-corrected chi connectivity index (χ0v) is 13.5. The van der Waals surface area contributed by atoms with Gasteiger partial charge in [0.15, 0.2) is 0 Å². The average molecular weight is 285 g/mol. The Morgan fingerprint density at radius 1 is 1.19 bits per heavy atom. The van der Waals surface area contributed by atoms with Gasteiger partial charge in [-0.2, -0.15) is 5.10 Å². The molecule has 1 aromatic carbocycles. The summed E-state index contributed by atoms with van der Waals surface area (Å²) >= 11 is 0. The number of aromatic nitrogens is 2. The molecule has 0 unspecified atom stereocenters. The van der Waals surface area contributed by atoms with Crippen molar-refractivity contribution in [2.45, 2.75) is 46.7 Å². The van der Waals surface area contributed by atoms with E-state index >= 15 is 0 Å². The number of nitrogens with zero attached hydrogens (tertiary/aromatic N) is 2. The van der Waals surface area contributed by atoms with E-state index in [9.17, 15) is 0 Å². The highest BCUT2D eigenvalue weighted by atomic mass is 15.3. The zero-order valence-electron chi connectivity index (χ0n) is 13.5. The van der Waals surface area contributed by atoms with Crippen molar-refractivity contribution in [2.24, 2.45) is 5.92 Å². The van der Waals surface area contributed by atoms with Crippen LogP contribution in [0.25, 0.3) is 11.3 Å². The van der Waals surface area contributed by atoms with Crippen molar-refractivity contribution in [3.63, 3.8) is 0 Å². The molecule has 1 aromatic heterocycles. The van der Waals surface area contributed by atoms with Gasteiger partial charge in [-0.15, -0.1) is 0 Å². The zero-order chi connectivity index (χ0) is 15.1. The maximum absolute atomic E-state index is 4.62. The minimum absolute atomic E-state index is 0.694. The second-order valence-electron chi connectivity index (χ2n) is 5.97. The minimum atomic E-state index is 0.694. The quantitative estimate of drug-likeness (QED) is 0.740. The number of nitrogens with one attached hydrogen (secondary N) is 1. The Labute approximate surface area is 128 Å². The predicted molar refractivity (Wildman–Crippen MR) is 89.1 cm³/mol. The highest BCUT2D eigenvalue weighted by Crippen LogP contribution is 2.24. The molecule has 21 heavy (non-hydrogen) atoms. The third kappa shape index (κ3) is 4.43. The van der Waals surface area contributed by atoms with Gasteiger partial charge in [-0.05, 0) is 25.3 Å². The molecule has 0 spiro atoms. The Bertz CT molecular complexity index is 529. The summed E-state index contributed by atoms with van der Waals surface area (Å²) in [4.78, 5) is 0. The third-order valence-electron chi connectivity index (χ3n) is 3.62. The molecule has 0 radical (unpaired) electrons. The lowest BCUT2D eigenvalue weighted by atomic mass is 10.1. The van der Waals surface area contributed by atoms with E-state index in [4.69, 9.17) is 0 Å². The summed E-state index contributed by atoms with van der Waals surface area (Å²) in [6.07, 6.45) is 4.33. The van der Waals surface area contributed by atoms with Gasteiger partial charge in [0.2, 0.25) is 0 Å². The average Bonchev–Trinajstić information content (AvgIpc) is 2.89. The number of hydrogen-bond donors (Lipinski definition) is 1. The lowest BCUT2D eigenvalue weighted by Gasteiger charge is -2.12. The minimum Gasteiger partial charge on any atom is -0.313 e. The molecular formula is C18H27N3. The van der Waals surface area contributed by atoms with Crippen LogP contribution in [0.5, 0.6) is 0 Å². The number of benzene rings is 1. The van der Waals surface area contributed by atoms with Crippen molar-refractivity contribution in [1.29, 1.82) is 0 Å². The van der Waals surface area contributed by atoms with Gasteiger partial charge in [0.1, 0.15) is 0 Å². The smallest absolute Gasteiger partial charge is 0.0727 e. The van der Waals surface area contributed by atoms with Crippen molar-refractivity contribution in [1.82, 2.24) is 15.1 Å². The van der Waals surface area contributed by atoms with E-state index in [2.05, 4.69) is 66.2 Å². The molecule has 0 aliphatic carbocycles. The van der Waals surface area contributed by atoms with Crippen LogP contribution >= 0.6 is 0 Å². The highest BCUT2D eigenvalue weighted by Gasteiger charge is 2.12. The fourth-order valence-electron chi connectivity index (χ4n) is 2.43. The van der Waals surface area contributed by atoms with Gasteiger partial charge in [-0.3, -0.25) is 4.68 Å². The van der Waals surface area contributed by atoms with E-state index in [0.29, 0.717) is 5.92 Å². The third-order valence-corrected chi connectivity index (χ3v) is 3.62. The van der Waals surface area contributed by atoms with Crippen LogP contribution in [0.15, 0.2) is 36.5 Å². The van der Waals surface area contributed by atoms with Crippen LogP contribution in [0, 0.1) is 5.92 Å². The van der Waals surface area contributed by atoms with Gasteiger partial charge in [0, 0.05) is 24.2 Å². The molecule has 2 rings (SSSR count). The van der Waals surface area contributed by atoms with Crippen molar-refractivity contribution in [3.05, 3.63) is 42.1 Å². The van der Waals surface area contributed by atoms with Crippen molar-refractivity contribution in [3.8, 4) is 11.3 Å². The Kier molecular flexibility index (Phi) is 6.00. The van der Waals surface area contributed by atoms with Gasteiger partial charge in [0.05, 0.1) is 11.9 Å². The molecule has 2 aromatic rings. The maximum Gasteiger partial charge on any atom is 0.0727 e. The fourth-order valence-corrected chi connectivity index (χ4v) is 2.43. The molecule has 0 saturated carbocycles. The summed E-state index contributed by atoms with van der Waals surface area (Å²) < 4.78 is 2.16. The summed E-state index contributed by atoms with van der Waals surface area (Å²) in [5.41, 5.74) is 3.81. The van der Waals surface area contributed by atoms with E-state index < -0.39 is 0 Å². The molecule has 1 heterocycles. The first-order valence-electron chi connectivity index (χ1n) is 8.03. The van der Waals surface area contributed by atoms with E-state index in [1.165, 1.54) is 16.8 Å². The van der Waals surface area contributed by atoms with E-state index in [0.717, 1.165) is 32.5 Å². The van der Waals surface area contributed by atoms with Crippen LogP contribution < -0.4 is 5.32 Å². The number of rotatable bonds is 8. The van der Waals surface area contributed by atoms with Crippen molar-refractivity contribution in [2.75, 3.05) is 6.54 Å². The first kappa shape index (κ1) is 15.8. The monoisotopic (exact) mass is 285 g/mol. The molecule has 0 fully saturated rings. The normalized spacial score (nSPS) is 11.2. The molecule has 0 bridgehead atoms. The molecule has 3 heteroatoms. The van der Waals surface area contributed by atoms with Gasteiger partial charge in [0.25, 0.3) is 0 Å². The van der Waals surface area contributed by atoms with E-state index in [1.807, 2.05) is 6.20 Å². The van der Waals surface area contributed by atoms with E-state index in [1.54, 1.807) is 0 Å². The van der Waals surface area contributed by atoms with Gasteiger partial charge in [-0.1, -0.05) is 51.1 Å². The van der Waals surface area contributed by atoms with Crippen LogP contribution in [0.3, 0.4) is 0 Å². The second kappa shape index (κ2) is 7.99. The molecule has 0 aliphatic rings. The Balaban J connectivity index is 2.24.